The summed E-state index contributed by atoms with van der Waals surface area (Å²) in [4.78, 5) is 4.27. The molecule has 0 aliphatic carbocycles. The second kappa shape index (κ2) is 14.3. The van der Waals surface area contributed by atoms with Gasteiger partial charge in [0.05, 0.1) is 33.5 Å². The minimum Gasteiger partial charge on any atom is -0.481 e. The summed E-state index contributed by atoms with van der Waals surface area (Å²) in [7, 11) is 1.54. The van der Waals surface area contributed by atoms with Gasteiger partial charge in [0.25, 0.3) is 0 Å². The van der Waals surface area contributed by atoms with Gasteiger partial charge in [-0.3, -0.25) is 0 Å². The van der Waals surface area contributed by atoms with Crippen LogP contribution in [0.2, 0.25) is 0 Å². The van der Waals surface area contributed by atoms with Crippen molar-refractivity contribution >= 4 is 0 Å². The Morgan fingerprint density at radius 2 is 1.44 bits per heavy atom. The lowest BCUT2D eigenvalue weighted by atomic mass is 10.00. The van der Waals surface area contributed by atoms with Crippen LogP contribution in [0.5, 0.6) is 5.88 Å². The van der Waals surface area contributed by atoms with E-state index in [-0.39, 0.29) is 13.2 Å². The minimum atomic E-state index is -1.10. The van der Waals surface area contributed by atoms with E-state index in [1.54, 1.807) is 12.3 Å². The molecule has 172 valence electrons. The van der Waals surface area contributed by atoms with Crippen molar-refractivity contribution in [3.63, 3.8) is 0 Å². The number of aliphatic hydroxyl groups excluding tert-OH is 2. The number of ether oxygens (including phenoxy) is 3. The van der Waals surface area contributed by atoms with Crippen molar-refractivity contribution in [2.24, 2.45) is 0 Å². The van der Waals surface area contributed by atoms with Crippen LogP contribution in [0.1, 0.15) is 42.2 Å². The van der Waals surface area contributed by atoms with E-state index in [1.165, 1.54) is 7.11 Å². The summed E-state index contributed by atoms with van der Waals surface area (Å²) in [6, 6.07) is 21.3. The molecule has 0 radical (unpaired) electrons. The van der Waals surface area contributed by atoms with Crippen molar-refractivity contribution in [3.05, 3.63) is 95.2 Å². The molecule has 2 unspecified atom stereocenters. The van der Waals surface area contributed by atoms with Gasteiger partial charge in [-0.1, -0.05) is 74.5 Å². The molecule has 0 bridgehead atoms. The first kappa shape index (κ1) is 25.5. The molecule has 0 amide bonds. The summed E-state index contributed by atoms with van der Waals surface area (Å²) in [5.41, 5.74) is 3.37. The van der Waals surface area contributed by atoms with Crippen LogP contribution in [0.3, 0.4) is 0 Å². The SMILES string of the molecule is CC.COc1nccc(C(OCc2ccccc2)C(O)CO)c1COCc1ccccc1. The highest BCUT2D eigenvalue weighted by Gasteiger charge is 2.26. The number of methoxy groups -OCH3 is 1. The monoisotopic (exact) mass is 439 g/mol. The molecular formula is C26H33NO5. The molecule has 0 aliphatic heterocycles. The molecule has 1 aromatic heterocycles. The smallest absolute Gasteiger partial charge is 0.218 e. The number of aliphatic hydroxyl groups is 2. The summed E-state index contributed by atoms with van der Waals surface area (Å²) in [6.45, 7) is 4.51. The number of hydrogen-bond donors (Lipinski definition) is 2. The first-order valence-electron chi connectivity index (χ1n) is 10.8. The molecule has 6 heteroatoms. The van der Waals surface area contributed by atoms with Gasteiger partial charge in [-0.15, -0.1) is 0 Å². The molecule has 6 nitrogen and oxygen atoms in total. The van der Waals surface area contributed by atoms with Crippen LogP contribution in [-0.2, 0) is 29.3 Å². The van der Waals surface area contributed by atoms with Crippen molar-refractivity contribution in [3.8, 4) is 5.88 Å². The normalized spacial score (nSPS) is 12.4. The topological polar surface area (TPSA) is 81.0 Å². The summed E-state index contributed by atoms with van der Waals surface area (Å²) in [5.74, 6) is 0.402. The highest BCUT2D eigenvalue weighted by atomic mass is 16.5. The Kier molecular flexibility index (Phi) is 11.4. The molecular weight excluding hydrogens is 406 g/mol. The quantitative estimate of drug-likeness (QED) is 0.460. The minimum absolute atomic E-state index is 0.227. The fourth-order valence-electron chi connectivity index (χ4n) is 3.18. The summed E-state index contributed by atoms with van der Waals surface area (Å²) >= 11 is 0. The summed E-state index contributed by atoms with van der Waals surface area (Å²) in [6.07, 6.45) is -0.270. The zero-order valence-corrected chi connectivity index (χ0v) is 19.0. The van der Waals surface area contributed by atoms with Gasteiger partial charge in [0.2, 0.25) is 5.88 Å². The Morgan fingerprint density at radius 3 is 2.00 bits per heavy atom. The van der Waals surface area contributed by atoms with Crippen LogP contribution < -0.4 is 4.74 Å². The van der Waals surface area contributed by atoms with Gasteiger partial charge in [0, 0.05) is 11.8 Å². The Bertz CT molecular complexity index is 889. The van der Waals surface area contributed by atoms with Crippen molar-refractivity contribution in [1.82, 2.24) is 4.98 Å². The van der Waals surface area contributed by atoms with Gasteiger partial charge in [-0.05, 0) is 22.8 Å². The van der Waals surface area contributed by atoms with E-state index in [9.17, 15) is 10.2 Å². The third kappa shape index (κ3) is 7.43. The molecule has 0 aliphatic rings. The van der Waals surface area contributed by atoms with E-state index in [1.807, 2.05) is 74.5 Å². The number of aromatic nitrogens is 1. The first-order chi connectivity index (χ1) is 15.7. The van der Waals surface area contributed by atoms with Crippen LogP contribution in [-0.4, -0.2) is 35.0 Å². The van der Waals surface area contributed by atoms with Gasteiger partial charge < -0.3 is 24.4 Å². The maximum atomic E-state index is 10.5. The van der Waals surface area contributed by atoms with Crippen LogP contribution in [0.4, 0.5) is 0 Å². The number of benzene rings is 2. The summed E-state index contributed by atoms with van der Waals surface area (Å²) in [5, 5.41) is 20.1. The molecule has 0 spiro atoms. The van der Waals surface area contributed by atoms with Gasteiger partial charge in [0.1, 0.15) is 12.2 Å². The zero-order valence-electron chi connectivity index (χ0n) is 19.0. The van der Waals surface area contributed by atoms with Crippen LogP contribution in [0.25, 0.3) is 0 Å². The Labute approximate surface area is 190 Å². The Balaban J connectivity index is 0.00000176. The second-order valence-corrected chi connectivity index (χ2v) is 6.83. The van der Waals surface area contributed by atoms with Crippen LogP contribution >= 0.6 is 0 Å². The van der Waals surface area contributed by atoms with Gasteiger partial charge in [-0.2, -0.15) is 0 Å². The Hall–Kier alpha value is -2.77. The average molecular weight is 440 g/mol. The number of hydrogen-bond acceptors (Lipinski definition) is 6. The van der Waals surface area contributed by atoms with E-state index < -0.39 is 18.8 Å². The highest BCUT2D eigenvalue weighted by molar-refractivity contribution is 5.36. The highest BCUT2D eigenvalue weighted by Crippen LogP contribution is 2.31. The number of nitrogens with zero attached hydrogens (tertiary/aromatic N) is 1. The molecule has 3 aromatic rings. The van der Waals surface area contributed by atoms with Crippen molar-refractivity contribution in [2.75, 3.05) is 13.7 Å². The number of pyridine rings is 1. The molecule has 0 saturated carbocycles. The summed E-state index contributed by atoms with van der Waals surface area (Å²) < 4.78 is 17.3. The second-order valence-electron chi connectivity index (χ2n) is 6.83. The zero-order chi connectivity index (χ0) is 23.2. The Morgan fingerprint density at radius 1 is 0.844 bits per heavy atom. The molecule has 0 saturated heterocycles. The molecule has 2 aromatic carbocycles. The van der Waals surface area contributed by atoms with Crippen molar-refractivity contribution in [1.29, 1.82) is 0 Å². The largest absolute Gasteiger partial charge is 0.481 e. The van der Waals surface area contributed by atoms with Crippen molar-refractivity contribution < 1.29 is 24.4 Å². The fourth-order valence-corrected chi connectivity index (χ4v) is 3.18. The van der Waals surface area contributed by atoms with E-state index in [0.29, 0.717) is 23.6 Å². The molecule has 0 fully saturated rings. The molecule has 2 atom stereocenters. The lowest BCUT2D eigenvalue weighted by Crippen LogP contribution is -2.26. The van der Waals surface area contributed by atoms with Crippen LogP contribution in [0.15, 0.2) is 72.9 Å². The average Bonchev–Trinajstić information content (AvgIpc) is 2.87. The van der Waals surface area contributed by atoms with E-state index in [2.05, 4.69) is 4.98 Å². The van der Waals surface area contributed by atoms with Gasteiger partial charge in [0.15, 0.2) is 0 Å². The first-order valence-corrected chi connectivity index (χ1v) is 10.8. The van der Waals surface area contributed by atoms with E-state index in [0.717, 1.165) is 11.1 Å². The van der Waals surface area contributed by atoms with Gasteiger partial charge in [-0.25, -0.2) is 4.98 Å². The predicted octanol–water partition coefficient (Wildman–Crippen LogP) is 4.44. The standard InChI is InChI=1S/C24H27NO5.C2H6/c1-28-24-21(17-29-15-18-8-4-2-5-9-18)20(12-13-25-24)23(22(27)14-26)30-16-19-10-6-3-7-11-19;1-2/h2-13,22-23,26-27H,14-17H2,1H3;1-2H3. The van der Waals surface area contributed by atoms with Crippen molar-refractivity contribution in [2.45, 2.75) is 45.9 Å². The fraction of sp³-hybridized carbons (Fsp3) is 0.346. The third-order valence-electron chi connectivity index (χ3n) is 4.72. The predicted molar refractivity (Wildman–Crippen MR) is 124 cm³/mol. The lowest BCUT2D eigenvalue weighted by Gasteiger charge is -2.25. The van der Waals surface area contributed by atoms with Crippen LogP contribution in [0, 0.1) is 0 Å². The molecule has 32 heavy (non-hydrogen) atoms. The van der Waals surface area contributed by atoms with E-state index in [4.69, 9.17) is 14.2 Å². The number of rotatable bonds is 11. The lowest BCUT2D eigenvalue weighted by molar-refractivity contribution is -0.0683. The molecule has 1 heterocycles. The van der Waals surface area contributed by atoms with Gasteiger partial charge >= 0.3 is 0 Å². The van der Waals surface area contributed by atoms with E-state index >= 15 is 0 Å². The molecule has 3 rings (SSSR count). The molecule has 2 N–H and O–H groups in total. The maximum Gasteiger partial charge on any atom is 0.218 e. The maximum absolute atomic E-state index is 10.5. The third-order valence-corrected chi connectivity index (χ3v) is 4.72.